The first-order valence-corrected chi connectivity index (χ1v) is 6.23. The van der Waals surface area contributed by atoms with Gasteiger partial charge in [0.2, 0.25) is 0 Å². The molecule has 12 heavy (non-hydrogen) atoms. The van der Waals surface area contributed by atoms with Crippen LogP contribution in [0.1, 0.15) is 12.8 Å². The van der Waals surface area contributed by atoms with Crippen LogP contribution in [-0.2, 0) is 4.74 Å². The van der Waals surface area contributed by atoms with Crippen molar-refractivity contribution in [1.29, 1.82) is 0 Å². The van der Waals surface area contributed by atoms with Gasteiger partial charge in [0.1, 0.15) is 0 Å². The SMILES string of the molecule is BrC1(Br)[C@@H]2C[C@H]3COC[C@H]3C[C@H]21. The highest BCUT2D eigenvalue weighted by Gasteiger charge is 2.65. The molecule has 1 nitrogen and oxygen atoms in total. The van der Waals surface area contributed by atoms with Crippen molar-refractivity contribution >= 4 is 31.9 Å². The molecular weight excluding hydrogens is 284 g/mol. The Morgan fingerprint density at radius 2 is 1.50 bits per heavy atom. The highest BCUT2D eigenvalue weighted by Crippen LogP contribution is 2.69. The fourth-order valence-electron chi connectivity index (χ4n) is 2.92. The minimum Gasteiger partial charge on any atom is -0.381 e. The molecule has 68 valence electrons. The summed E-state index contributed by atoms with van der Waals surface area (Å²) in [6, 6.07) is 0. The Balaban J connectivity index is 1.78. The average Bonchev–Trinajstić information content (AvgIpc) is 2.50. The number of hydrogen-bond acceptors (Lipinski definition) is 1. The van der Waals surface area contributed by atoms with Gasteiger partial charge in [0, 0.05) is 13.2 Å². The van der Waals surface area contributed by atoms with Crippen LogP contribution in [0, 0.1) is 23.7 Å². The molecule has 3 rings (SSSR count). The standard InChI is InChI=1S/C9H12Br2O/c10-9(11)7-1-5-3-12-4-6(5)2-8(7)9/h5-8H,1-4H2/t5-,6+,7-,8-/m1/s1. The van der Waals surface area contributed by atoms with E-state index >= 15 is 0 Å². The molecule has 0 aromatic carbocycles. The van der Waals surface area contributed by atoms with Gasteiger partial charge < -0.3 is 4.74 Å². The summed E-state index contributed by atoms with van der Waals surface area (Å²) in [6.45, 7) is 2.04. The van der Waals surface area contributed by atoms with Crippen LogP contribution >= 0.6 is 31.9 Å². The van der Waals surface area contributed by atoms with E-state index in [0.29, 0.717) is 3.23 Å². The average molecular weight is 296 g/mol. The van der Waals surface area contributed by atoms with Gasteiger partial charge in [-0.3, -0.25) is 0 Å². The number of ether oxygens (including phenoxy) is 1. The molecule has 1 aliphatic heterocycles. The highest BCUT2D eigenvalue weighted by atomic mass is 79.9. The molecular formula is C9H12Br2O. The lowest BCUT2D eigenvalue weighted by molar-refractivity contribution is 0.180. The fourth-order valence-corrected chi connectivity index (χ4v) is 4.68. The maximum Gasteiger partial charge on any atom is 0.0868 e. The number of alkyl halides is 2. The van der Waals surface area contributed by atoms with Gasteiger partial charge >= 0.3 is 0 Å². The Kier molecular flexibility index (Phi) is 1.71. The Morgan fingerprint density at radius 3 is 2.00 bits per heavy atom. The number of fused-ring (bicyclic) bond motifs is 2. The molecule has 0 bridgehead atoms. The van der Waals surface area contributed by atoms with Gasteiger partial charge in [0.15, 0.2) is 0 Å². The molecule has 3 heteroatoms. The summed E-state index contributed by atoms with van der Waals surface area (Å²) in [5.41, 5.74) is 0. The predicted octanol–water partition coefficient (Wildman–Crippen LogP) is 2.77. The summed E-state index contributed by atoms with van der Waals surface area (Å²) in [4.78, 5) is 0. The normalized spacial score (nSPS) is 54.5. The lowest BCUT2D eigenvalue weighted by Gasteiger charge is -2.21. The van der Waals surface area contributed by atoms with Crippen molar-refractivity contribution in [2.45, 2.75) is 16.1 Å². The zero-order chi connectivity index (χ0) is 8.34. The van der Waals surface area contributed by atoms with E-state index in [1.807, 2.05) is 0 Å². The van der Waals surface area contributed by atoms with E-state index in [1.165, 1.54) is 12.8 Å². The molecule has 1 heterocycles. The predicted molar refractivity (Wildman–Crippen MR) is 54.6 cm³/mol. The van der Waals surface area contributed by atoms with Crippen molar-refractivity contribution < 1.29 is 4.74 Å². The number of halogens is 2. The van der Waals surface area contributed by atoms with Crippen LogP contribution in [0.5, 0.6) is 0 Å². The second kappa shape index (κ2) is 2.48. The molecule has 2 saturated carbocycles. The molecule has 0 radical (unpaired) electrons. The minimum atomic E-state index is 0.310. The van der Waals surface area contributed by atoms with Crippen LogP contribution in [0.25, 0.3) is 0 Å². The molecule has 3 fully saturated rings. The van der Waals surface area contributed by atoms with Crippen molar-refractivity contribution in [3.8, 4) is 0 Å². The Labute approximate surface area is 89.5 Å². The molecule has 0 spiro atoms. The van der Waals surface area contributed by atoms with Gasteiger partial charge in [0.25, 0.3) is 0 Å². The number of hydrogen-bond donors (Lipinski definition) is 0. The van der Waals surface area contributed by atoms with Crippen molar-refractivity contribution in [2.75, 3.05) is 13.2 Å². The van der Waals surface area contributed by atoms with Crippen LogP contribution < -0.4 is 0 Å². The van der Waals surface area contributed by atoms with E-state index in [2.05, 4.69) is 31.9 Å². The molecule has 0 unspecified atom stereocenters. The Morgan fingerprint density at radius 1 is 1.00 bits per heavy atom. The smallest absolute Gasteiger partial charge is 0.0868 e. The summed E-state index contributed by atoms with van der Waals surface area (Å²) in [5.74, 6) is 3.48. The van der Waals surface area contributed by atoms with Crippen molar-refractivity contribution in [3.63, 3.8) is 0 Å². The molecule has 0 aromatic rings. The molecule has 3 aliphatic rings. The quantitative estimate of drug-likeness (QED) is 0.625. The fraction of sp³-hybridized carbons (Fsp3) is 1.00. The first-order valence-electron chi connectivity index (χ1n) is 4.65. The first kappa shape index (κ1) is 8.25. The third kappa shape index (κ3) is 0.992. The van der Waals surface area contributed by atoms with Crippen molar-refractivity contribution in [1.82, 2.24) is 0 Å². The van der Waals surface area contributed by atoms with Crippen LogP contribution in [0.4, 0.5) is 0 Å². The van der Waals surface area contributed by atoms with Gasteiger partial charge in [-0.15, -0.1) is 0 Å². The van der Waals surface area contributed by atoms with Crippen molar-refractivity contribution in [3.05, 3.63) is 0 Å². The van der Waals surface area contributed by atoms with Gasteiger partial charge in [-0.25, -0.2) is 0 Å². The van der Waals surface area contributed by atoms with Crippen LogP contribution in [0.2, 0.25) is 0 Å². The summed E-state index contributed by atoms with van der Waals surface area (Å²) >= 11 is 7.53. The summed E-state index contributed by atoms with van der Waals surface area (Å²) in [6.07, 6.45) is 2.73. The maximum absolute atomic E-state index is 5.50. The lowest BCUT2D eigenvalue weighted by atomic mass is 9.82. The van der Waals surface area contributed by atoms with E-state index in [9.17, 15) is 0 Å². The topological polar surface area (TPSA) is 9.23 Å². The monoisotopic (exact) mass is 294 g/mol. The summed E-state index contributed by atoms with van der Waals surface area (Å²) in [5, 5.41) is 0. The third-order valence-electron chi connectivity index (χ3n) is 3.81. The molecule has 0 aromatic heterocycles. The zero-order valence-corrected chi connectivity index (χ0v) is 9.97. The minimum absolute atomic E-state index is 0.310. The second-order valence-corrected chi connectivity index (χ2v) is 8.11. The highest BCUT2D eigenvalue weighted by molar-refractivity contribution is 9.25. The Bertz CT molecular complexity index is 193. The van der Waals surface area contributed by atoms with E-state index in [1.54, 1.807) is 0 Å². The lowest BCUT2D eigenvalue weighted by Crippen LogP contribution is -2.18. The van der Waals surface area contributed by atoms with Gasteiger partial charge in [0.05, 0.1) is 3.23 Å². The van der Waals surface area contributed by atoms with E-state index in [0.717, 1.165) is 36.9 Å². The van der Waals surface area contributed by atoms with Gasteiger partial charge in [-0.05, 0) is 36.5 Å². The number of rotatable bonds is 0. The van der Waals surface area contributed by atoms with Crippen LogP contribution in [-0.4, -0.2) is 16.4 Å². The zero-order valence-electron chi connectivity index (χ0n) is 6.80. The van der Waals surface area contributed by atoms with Crippen molar-refractivity contribution in [2.24, 2.45) is 23.7 Å². The van der Waals surface area contributed by atoms with Gasteiger partial charge in [-0.1, -0.05) is 31.9 Å². The molecule has 0 N–H and O–H groups in total. The largest absolute Gasteiger partial charge is 0.381 e. The second-order valence-electron chi connectivity index (χ2n) is 4.42. The summed E-state index contributed by atoms with van der Waals surface area (Å²) in [7, 11) is 0. The summed E-state index contributed by atoms with van der Waals surface area (Å²) < 4.78 is 5.81. The maximum atomic E-state index is 5.50. The molecule has 2 aliphatic carbocycles. The van der Waals surface area contributed by atoms with Crippen LogP contribution in [0.3, 0.4) is 0 Å². The Hall–Kier alpha value is 0.920. The first-order chi connectivity index (χ1) is 5.69. The molecule has 1 saturated heterocycles. The van der Waals surface area contributed by atoms with Crippen LogP contribution in [0.15, 0.2) is 0 Å². The van der Waals surface area contributed by atoms with Gasteiger partial charge in [-0.2, -0.15) is 0 Å². The van der Waals surface area contributed by atoms with E-state index < -0.39 is 0 Å². The molecule has 4 atom stereocenters. The van der Waals surface area contributed by atoms with E-state index in [-0.39, 0.29) is 0 Å². The molecule has 0 amide bonds. The third-order valence-corrected chi connectivity index (χ3v) is 6.16. The van der Waals surface area contributed by atoms with E-state index in [4.69, 9.17) is 4.74 Å².